The Morgan fingerprint density at radius 1 is 1.21 bits per heavy atom. The average molecular weight is 444 g/mol. The summed E-state index contributed by atoms with van der Waals surface area (Å²) in [6.45, 7) is 2.03. The predicted molar refractivity (Wildman–Crippen MR) is 119 cm³/mol. The zero-order valence-corrected chi connectivity index (χ0v) is 18.3. The van der Waals surface area contributed by atoms with Gasteiger partial charge in [-0.05, 0) is 68.0 Å². The first-order chi connectivity index (χ1) is 16.1. The van der Waals surface area contributed by atoms with Crippen LogP contribution in [0.1, 0.15) is 47.5 Å². The molecule has 168 valence electrons. The third-order valence-corrected chi connectivity index (χ3v) is 6.67. The Morgan fingerprint density at radius 3 is 2.76 bits per heavy atom. The molecular weight excluding hydrogens is 418 g/mol. The fourth-order valence-electron chi connectivity index (χ4n) is 4.84. The largest absolute Gasteiger partial charge is 0.375 e. The Bertz CT molecular complexity index is 1140. The van der Waals surface area contributed by atoms with E-state index in [1.807, 2.05) is 17.0 Å². The molecule has 1 atom stereocenters. The second-order valence-electron chi connectivity index (χ2n) is 8.83. The van der Waals surface area contributed by atoms with Crippen LogP contribution in [0.25, 0.3) is 11.4 Å². The molecule has 8 nitrogen and oxygen atoms in total. The van der Waals surface area contributed by atoms with Crippen LogP contribution in [-0.2, 0) is 11.2 Å². The first kappa shape index (κ1) is 21.3. The Morgan fingerprint density at radius 2 is 2.03 bits per heavy atom. The predicted octanol–water partition coefficient (Wildman–Crippen LogP) is 3.65. The highest BCUT2D eigenvalue weighted by Gasteiger charge is 2.41. The van der Waals surface area contributed by atoms with Gasteiger partial charge >= 0.3 is 0 Å². The minimum Gasteiger partial charge on any atom is -0.375 e. The molecular formula is C25H25N5O3. The van der Waals surface area contributed by atoms with Gasteiger partial charge in [0.15, 0.2) is 0 Å². The number of aromatic nitrogens is 3. The average Bonchev–Trinajstić information content (AvgIpc) is 3.33. The van der Waals surface area contributed by atoms with Gasteiger partial charge in [0.05, 0.1) is 17.2 Å². The molecule has 1 unspecified atom stereocenters. The molecule has 1 aromatic carbocycles. The van der Waals surface area contributed by atoms with Gasteiger partial charge in [-0.15, -0.1) is 0 Å². The number of piperidine rings is 1. The third kappa shape index (κ3) is 4.64. The Hall–Kier alpha value is -3.57. The minimum absolute atomic E-state index is 0.00971. The summed E-state index contributed by atoms with van der Waals surface area (Å²) >= 11 is 0. The van der Waals surface area contributed by atoms with Gasteiger partial charge in [-0.1, -0.05) is 5.16 Å². The smallest absolute Gasteiger partial charge is 0.253 e. The summed E-state index contributed by atoms with van der Waals surface area (Å²) in [6.07, 6.45) is 7.69. The fraction of sp³-hybridized carbons (Fsp3) is 0.400. The first-order valence-electron chi connectivity index (χ1n) is 11.3. The van der Waals surface area contributed by atoms with E-state index in [1.165, 1.54) is 0 Å². The number of carbonyl (C=O) groups excluding carboxylic acids is 1. The van der Waals surface area contributed by atoms with Crippen molar-refractivity contribution in [2.75, 3.05) is 19.7 Å². The molecule has 2 aromatic heterocycles. The van der Waals surface area contributed by atoms with Gasteiger partial charge in [0.2, 0.25) is 11.7 Å². The van der Waals surface area contributed by atoms with E-state index in [9.17, 15) is 4.79 Å². The minimum atomic E-state index is -0.198. The second kappa shape index (κ2) is 9.12. The van der Waals surface area contributed by atoms with Gasteiger partial charge in [-0.2, -0.15) is 10.2 Å². The molecule has 4 heterocycles. The lowest BCUT2D eigenvalue weighted by atomic mass is 9.78. The lowest BCUT2D eigenvalue weighted by molar-refractivity contribution is -0.124. The molecule has 3 aromatic rings. The van der Waals surface area contributed by atoms with Crippen LogP contribution in [0.4, 0.5) is 0 Å². The van der Waals surface area contributed by atoms with Crippen LogP contribution in [0.15, 0.2) is 53.3 Å². The highest BCUT2D eigenvalue weighted by atomic mass is 16.5. The maximum Gasteiger partial charge on any atom is 0.253 e. The molecule has 0 radical (unpaired) electrons. The Labute approximate surface area is 192 Å². The molecule has 0 saturated carbocycles. The van der Waals surface area contributed by atoms with Crippen LogP contribution in [0.5, 0.6) is 0 Å². The van der Waals surface area contributed by atoms with Gasteiger partial charge in [0.25, 0.3) is 5.91 Å². The van der Waals surface area contributed by atoms with Crippen LogP contribution >= 0.6 is 0 Å². The van der Waals surface area contributed by atoms with Gasteiger partial charge < -0.3 is 14.2 Å². The standard InChI is InChI=1S/C25H25N5O3/c26-16-18-3-5-20(6-4-18)24(31)30-11-8-25(9-12-30)15-19(7-13-32-25)14-22-28-23(29-33-22)21-2-1-10-27-17-21/h1-6,10,17,19H,7-9,11-15H2. The third-order valence-electron chi connectivity index (χ3n) is 6.67. The number of rotatable bonds is 4. The number of hydrogen-bond acceptors (Lipinski definition) is 7. The fourth-order valence-corrected chi connectivity index (χ4v) is 4.84. The summed E-state index contributed by atoms with van der Waals surface area (Å²) < 4.78 is 11.8. The van der Waals surface area contributed by atoms with E-state index in [4.69, 9.17) is 14.5 Å². The van der Waals surface area contributed by atoms with Gasteiger partial charge in [0, 0.05) is 49.6 Å². The van der Waals surface area contributed by atoms with Gasteiger partial charge in [-0.3, -0.25) is 9.78 Å². The molecule has 2 fully saturated rings. The van der Waals surface area contributed by atoms with Crippen molar-refractivity contribution in [3.05, 3.63) is 65.8 Å². The Kier molecular flexibility index (Phi) is 5.88. The van der Waals surface area contributed by atoms with Gasteiger partial charge in [0.1, 0.15) is 0 Å². The summed E-state index contributed by atoms with van der Waals surface area (Å²) in [5.74, 6) is 1.62. The summed E-state index contributed by atoms with van der Waals surface area (Å²) in [4.78, 5) is 23.4. The zero-order chi connectivity index (χ0) is 22.7. The molecule has 0 N–H and O–H groups in total. The van der Waals surface area contributed by atoms with E-state index in [2.05, 4.69) is 21.2 Å². The molecule has 33 heavy (non-hydrogen) atoms. The molecule has 2 aliphatic heterocycles. The van der Waals surface area contributed by atoms with Crippen molar-refractivity contribution >= 4 is 5.91 Å². The topological polar surface area (TPSA) is 105 Å². The molecule has 2 saturated heterocycles. The van der Waals surface area contributed by atoms with Crippen molar-refractivity contribution in [1.82, 2.24) is 20.0 Å². The summed E-state index contributed by atoms with van der Waals surface area (Å²) in [5, 5.41) is 13.1. The first-order valence-corrected chi connectivity index (χ1v) is 11.3. The summed E-state index contributed by atoms with van der Waals surface area (Å²) in [6, 6.07) is 12.7. The van der Waals surface area contributed by atoms with Crippen molar-refractivity contribution < 1.29 is 14.1 Å². The van der Waals surface area contributed by atoms with Crippen molar-refractivity contribution in [2.24, 2.45) is 5.92 Å². The quantitative estimate of drug-likeness (QED) is 0.606. The lowest BCUT2D eigenvalue weighted by Gasteiger charge is -2.46. The summed E-state index contributed by atoms with van der Waals surface area (Å²) in [5.41, 5.74) is 1.82. The SMILES string of the molecule is N#Cc1ccc(C(=O)N2CCC3(CC2)CC(Cc2nc(-c4cccnc4)no2)CCO3)cc1. The second-order valence-corrected chi connectivity index (χ2v) is 8.83. The highest BCUT2D eigenvalue weighted by molar-refractivity contribution is 5.94. The Balaban J connectivity index is 1.18. The molecule has 2 aliphatic rings. The molecule has 8 heteroatoms. The zero-order valence-electron chi connectivity index (χ0n) is 18.3. The van der Waals surface area contributed by atoms with Crippen LogP contribution in [0.3, 0.4) is 0 Å². The highest BCUT2D eigenvalue weighted by Crippen LogP contribution is 2.39. The molecule has 1 amide bonds. The number of benzene rings is 1. The number of amides is 1. The van der Waals surface area contributed by atoms with Crippen molar-refractivity contribution in [3.63, 3.8) is 0 Å². The summed E-state index contributed by atoms with van der Waals surface area (Å²) in [7, 11) is 0. The van der Waals surface area contributed by atoms with Crippen LogP contribution in [-0.4, -0.2) is 51.2 Å². The van der Waals surface area contributed by atoms with E-state index in [0.29, 0.717) is 48.5 Å². The molecule has 5 rings (SSSR count). The monoisotopic (exact) mass is 443 g/mol. The van der Waals surface area contributed by atoms with Crippen LogP contribution in [0.2, 0.25) is 0 Å². The van der Waals surface area contributed by atoms with Crippen LogP contribution in [0, 0.1) is 17.2 Å². The molecule has 0 aliphatic carbocycles. The van der Waals surface area contributed by atoms with E-state index in [0.717, 1.165) is 37.7 Å². The number of nitrogens with zero attached hydrogens (tertiary/aromatic N) is 5. The maximum atomic E-state index is 12.9. The van der Waals surface area contributed by atoms with E-state index < -0.39 is 0 Å². The number of ether oxygens (including phenoxy) is 1. The molecule has 0 bridgehead atoms. The van der Waals surface area contributed by atoms with E-state index in [-0.39, 0.29) is 11.5 Å². The van der Waals surface area contributed by atoms with Gasteiger partial charge in [-0.25, -0.2) is 0 Å². The van der Waals surface area contributed by atoms with Crippen molar-refractivity contribution in [3.8, 4) is 17.5 Å². The van der Waals surface area contributed by atoms with Crippen LogP contribution < -0.4 is 0 Å². The number of carbonyl (C=O) groups is 1. The lowest BCUT2D eigenvalue weighted by Crippen LogP contribution is -2.51. The maximum absolute atomic E-state index is 12.9. The van der Waals surface area contributed by atoms with E-state index in [1.54, 1.807) is 36.7 Å². The normalized spacial score (nSPS) is 19.8. The number of pyridine rings is 1. The number of hydrogen-bond donors (Lipinski definition) is 0. The number of likely N-dealkylation sites (tertiary alicyclic amines) is 1. The van der Waals surface area contributed by atoms with Crippen molar-refractivity contribution in [2.45, 2.75) is 37.7 Å². The van der Waals surface area contributed by atoms with E-state index >= 15 is 0 Å². The van der Waals surface area contributed by atoms with Crippen molar-refractivity contribution in [1.29, 1.82) is 5.26 Å². The molecule has 1 spiro atoms. The number of nitriles is 1.